The van der Waals surface area contributed by atoms with E-state index in [9.17, 15) is 14.9 Å². The summed E-state index contributed by atoms with van der Waals surface area (Å²) in [6.07, 6.45) is -0.360. The van der Waals surface area contributed by atoms with Crippen LogP contribution in [0.4, 0.5) is 5.69 Å². The van der Waals surface area contributed by atoms with Crippen molar-refractivity contribution in [3.63, 3.8) is 0 Å². The fourth-order valence-electron chi connectivity index (χ4n) is 1.00. The molecule has 15 heavy (non-hydrogen) atoms. The fourth-order valence-corrected chi connectivity index (χ4v) is 1.00. The average Bonchev–Trinajstić information content (AvgIpc) is 2.57. The summed E-state index contributed by atoms with van der Waals surface area (Å²) in [5, 5.41) is 22.3. The molecule has 82 valence electrons. The standard InChI is InChI=1S/C7H8N2O6/c1-14-7-6(9(12)13)4(15-8-7)2-3-5(10)11/h2-3H2,1H3,(H,10,11). The van der Waals surface area contributed by atoms with Gasteiger partial charge in [-0.05, 0) is 5.16 Å². The van der Waals surface area contributed by atoms with Crippen LogP contribution in [0.15, 0.2) is 4.52 Å². The minimum atomic E-state index is -1.07. The molecule has 0 aliphatic heterocycles. The number of rotatable bonds is 5. The van der Waals surface area contributed by atoms with Gasteiger partial charge in [-0.25, -0.2) is 0 Å². The van der Waals surface area contributed by atoms with Gasteiger partial charge in [-0.3, -0.25) is 14.9 Å². The van der Waals surface area contributed by atoms with Crippen LogP contribution in [0.5, 0.6) is 5.88 Å². The van der Waals surface area contributed by atoms with Crippen LogP contribution in [0.3, 0.4) is 0 Å². The number of carboxylic acids is 1. The van der Waals surface area contributed by atoms with Gasteiger partial charge < -0.3 is 14.4 Å². The van der Waals surface area contributed by atoms with E-state index in [1.165, 1.54) is 7.11 Å². The fraction of sp³-hybridized carbons (Fsp3) is 0.429. The van der Waals surface area contributed by atoms with Crippen molar-refractivity contribution in [3.8, 4) is 5.88 Å². The molecule has 0 aliphatic carbocycles. The van der Waals surface area contributed by atoms with Crippen molar-refractivity contribution in [2.45, 2.75) is 12.8 Å². The first-order valence-electron chi connectivity index (χ1n) is 3.95. The molecule has 1 heterocycles. The Balaban J connectivity index is 2.92. The molecule has 0 amide bonds. The third kappa shape index (κ3) is 2.42. The zero-order valence-corrected chi connectivity index (χ0v) is 7.80. The number of aryl methyl sites for hydroxylation is 1. The molecule has 0 radical (unpaired) electrons. The highest BCUT2D eigenvalue weighted by Crippen LogP contribution is 2.30. The second kappa shape index (κ2) is 4.40. The van der Waals surface area contributed by atoms with Gasteiger partial charge in [-0.2, -0.15) is 0 Å². The first kappa shape index (κ1) is 11.0. The van der Waals surface area contributed by atoms with Gasteiger partial charge in [0, 0.05) is 6.42 Å². The Hall–Kier alpha value is -2.12. The third-order valence-corrected chi connectivity index (χ3v) is 1.65. The lowest BCUT2D eigenvalue weighted by molar-refractivity contribution is -0.386. The highest BCUT2D eigenvalue weighted by molar-refractivity contribution is 5.67. The molecule has 1 aromatic heterocycles. The Morgan fingerprint density at radius 3 is 2.87 bits per heavy atom. The molecule has 0 fully saturated rings. The van der Waals surface area contributed by atoms with Crippen molar-refractivity contribution in [2.75, 3.05) is 7.11 Å². The van der Waals surface area contributed by atoms with Crippen molar-refractivity contribution in [1.82, 2.24) is 5.16 Å². The van der Waals surface area contributed by atoms with E-state index < -0.39 is 16.6 Å². The molecule has 1 N–H and O–H groups in total. The summed E-state index contributed by atoms with van der Waals surface area (Å²) in [6, 6.07) is 0. The topological polar surface area (TPSA) is 116 Å². The van der Waals surface area contributed by atoms with Crippen LogP contribution in [0, 0.1) is 10.1 Å². The van der Waals surface area contributed by atoms with Crippen molar-refractivity contribution in [1.29, 1.82) is 0 Å². The molecule has 0 aliphatic rings. The van der Waals surface area contributed by atoms with Crippen molar-refractivity contribution < 1.29 is 24.1 Å². The van der Waals surface area contributed by atoms with Crippen LogP contribution < -0.4 is 4.74 Å². The monoisotopic (exact) mass is 216 g/mol. The van der Waals surface area contributed by atoms with Crippen molar-refractivity contribution >= 4 is 11.7 Å². The number of nitrogens with zero attached hydrogens (tertiary/aromatic N) is 2. The predicted molar refractivity (Wildman–Crippen MR) is 45.7 cm³/mol. The van der Waals surface area contributed by atoms with E-state index in [2.05, 4.69) is 14.4 Å². The van der Waals surface area contributed by atoms with Crippen LogP contribution in [-0.2, 0) is 11.2 Å². The molecule has 0 atom stereocenters. The summed E-state index contributed by atoms with van der Waals surface area (Å²) >= 11 is 0. The van der Waals surface area contributed by atoms with Gasteiger partial charge in [0.2, 0.25) is 5.76 Å². The summed E-state index contributed by atoms with van der Waals surface area (Å²) in [7, 11) is 1.21. The minimum Gasteiger partial charge on any atom is -0.481 e. The molecule has 0 saturated heterocycles. The highest BCUT2D eigenvalue weighted by Gasteiger charge is 2.28. The van der Waals surface area contributed by atoms with Gasteiger partial charge >= 0.3 is 17.5 Å². The minimum absolute atomic E-state index is 0.0952. The molecule has 0 unspecified atom stereocenters. The number of hydrogen-bond donors (Lipinski definition) is 1. The number of carboxylic acid groups (broad SMARTS) is 1. The maximum Gasteiger partial charge on any atom is 0.374 e. The van der Waals surface area contributed by atoms with Crippen molar-refractivity contribution in [3.05, 3.63) is 15.9 Å². The molecule has 1 aromatic rings. The predicted octanol–water partition coefficient (Wildman–Crippen LogP) is 0.609. The number of nitro groups is 1. The summed E-state index contributed by atoms with van der Waals surface area (Å²) in [5.74, 6) is -1.42. The molecule has 8 nitrogen and oxygen atoms in total. The second-order valence-electron chi connectivity index (χ2n) is 2.61. The van der Waals surface area contributed by atoms with E-state index in [0.29, 0.717) is 0 Å². The van der Waals surface area contributed by atoms with Gasteiger partial charge in [0.15, 0.2) is 0 Å². The van der Waals surface area contributed by atoms with Gasteiger partial charge in [0.05, 0.1) is 18.5 Å². The SMILES string of the molecule is COc1noc(CCC(=O)O)c1[N+](=O)[O-]. The van der Waals surface area contributed by atoms with E-state index >= 15 is 0 Å². The highest BCUT2D eigenvalue weighted by atomic mass is 16.6. The van der Waals surface area contributed by atoms with Gasteiger partial charge in [-0.15, -0.1) is 0 Å². The second-order valence-corrected chi connectivity index (χ2v) is 2.61. The number of carbonyl (C=O) groups is 1. The summed E-state index contributed by atoms with van der Waals surface area (Å²) in [4.78, 5) is 20.1. The first-order chi connectivity index (χ1) is 7.06. The van der Waals surface area contributed by atoms with Crippen LogP contribution >= 0.6 is 0 Å². The van der Waals surface area contributed by atoms with E-state index in [1.54, 1.807) is 0 Å². The van der Waals surface area contributed by atoms with Crippen LogP contribution in [0.1, 0.15) is 12.2 Å². The summed E-state index contributed by atoms with van der Waals surface area (Å²) in [5.41, 5.74) is -0.418. The Bertz CT molecular complexity index is 385. The smallest absolute Gasteiger partial charge is 0.374 e. The quantitative estimate of drug-likeness (QED) is 0.566. The summed E-state index contributed by atoms with van der Waals surface area (Å²) in [6.45, 7) is 0. The average molecular weight is 216 g/mol. The normalized spacial score (nSPS) is 9.93. The number of aliphatic carboxylic acids is 1. The molecule has 0 aromatic carbocycles. The molecule has 0 bridgehead atoms. The Morgan fingerprint density at radius 1 is 1.73 bits per heavy atom. The zero-order chi connectivity index (χ0) is 11.4. The number of ether oxygens (including phenoxy) is 1. The van der Waals surface area contributed by atoms with E-state index in [0.717, 1.165) is 0 Å². The van der Waals surface area contributed by atoms with Gasteiger partial charge in [-0.1, -0.05) is 0 Å². The molecule has 1 rings (SSSR count). The third-order valence-electron chi connectivity index (χ3n) is 1.65. The molecule has 8 heteroatoms. The summed E-state index contributed by atoms with van der Waals surface area (Å²) < 4.78 is 9.22. The van der Waals surface area contributed by atoms with E-state index in [-0.39, 0.29) is 24.5 Å². The van der Waals surface area contributed by atoms with Gasteiger partial charge in [0.25, 0.3) is 0 Å². The first-order valence-corrected chi connectivity index (χ1v) is 3.95. The Labute approximate surface area is 83.6 Å². The number of methoxy groups -OCH3 is 1. The van der Waals surface area contributed by atoms with Crippen LogP contribution in [0.2, 0.25) is 0 Å². The van der Waals surface area contributed by atoms with E-state index in [4.69, 9.17) is 5.11 Å². The van der Waals surface area contributed by atoms with Gasteiger partial charge in [0.1, 0.15) is 0 Å². The number of aromatic nitrogens is 1. The maximum absolute atomic E-state index is 10.6. The zero-order valence-electron chi connectivity index (χ0n) is 7.80. The van der Waals surface area contributed by atoms with Crippen LogP contribution in [0.25, 0.3) is 0 Å². The molecular formula is C7H8N2O6. The Morgan fingerprint density at radius 2 is 2.40 bits per heavy atom. The van der Waals surface area contributed by atoms with Crippen LogP contribution in [-0.4, -0.2) is 28.3 Å². The maximum atomic E-state index is 10.6. The molecular weight excluding hydrogens is 208 g/mol. The lowest BCUT2D eigenvalue weighted by Crippen LogP contribution is -1.99. The lowest BCUT2D eigenvalue weighted by Gasteiger charge is -1.93. The van der Waals surface area contributed by atoms with Crippen molar-refractivity contribution in [2.24, 2.45) is 0 Å². The Kier molecular flexibility index (Phi) is 3.21. The largest absolute Gasteiger partial charge is 0.481 e. The van der Waals surface area contributed by atoms with E-state index in [1.807, 2.05) is 0 Å². The molecule has 0 spiro atoms. The molecule has 0 saturated carbocycles. The lowest BCUT2D eigenvalue weighted by atomic mass is 10.2. The number of hydrogen-bond acceptors (Lipinski definition) is 6.